The second-order valence-corrected chi connectivity index (χ2v) is 6.61. The molecule has 0 atom stereocenters. The summed E-state index contributed by atoms with van der Waals surface area (Å²) >= 11 is 0. The molecule has 0 unspecified atom stereocenters. The van der Waals surface area contributed by atoms with Gasteiger partial charge >= 0.3 is 0 Å². The standard InChI is InChI=1S/C21H26N2O5/c1-25-17-12-11-16(19(26-2)20(17)27-3)21(24)23-14-7-9-15(10-8-14)28-18-6-4-5-13-22-18/h4-6,11-15H,7-10H2,1-3H3,(H,23,24). The number of benzene rings is 1. The molecule has 1 amide bonds. The smallest absolute Gasteiger partial charge is 0.255 e. The first-order valence-corrected chi connectivity index (χ1v) is 9.33. The van der Waals surface area contributed by atoms with Crippen LogP contribution in [0.25, 0.3) is 0 Å². The molecular weight excluding hydrogens is 360 g/mol. The first kappa shape index (κ1) is 19.8. The summed E-state index contributed by atoms with van der Waals surface area (Å²) in [5, 5.41) is 3.10. The fourth-order valence-electron chi connectivity index (χ4n) is 3.46. The predicted molar refractivity (Wildman–Crippen MR) is 104 cm³/mol. The zero-order valence-electron chi connectivity index (χ0n) is 16.4. The molecule has 1 aromatic carbocycles. The van der Waals surface area contributed by atoms with Gasteiger partial charge in [0, 0.05) is 18.3 Å². The number of ether oxygens (including phenoxy) is 4. The topological polar surface area (TPSA) is 78.9 Å². The summed E-state index contributed by atoms with van der Waals surface area (Å²) in [5.41, 5.74) is 0.423. The average molecular weight is 386 g/mol. The molecule has 3 rings (SSSR count). The highest BCUT2D eigenvalue weighted by molar-refractivity contribution is 5.98. The van der Waals surface area contributed by atoms with E-state index in [1.54, 1.807) is 25.4 Å². The van der Waals surface area contributed by atoms with E-state index < -0.39 is 0 Å². The number of nitrogens with zero attached hydrogens (tertiary/aromatic N) is 1. The summed E-state index contributed by atoms with van der Waals surface area (Å²) in [4.78, 5) is 17.0. The Balaban J connectivity index is 1.60. The van der Waals surface area contributed by atoms with Crippen LogP contribution < -0.4 is 24.3 Å². The minimum absolute atomic E-state index is 0.0916. The van der Waals surface area contributed by atoms with Crippen molar-refractivity contribution in [3.05, 3.63) is 42.1 Å². The number of amides is 1. The number of methoxy groups -OCH3 is 3. The van der Waals surface area contributed by atoms with Gasteiger partial charge in [-0.3, -0.25) is 4.79 Å². The molecule has 28 heavy (non-hydrogen) atoms. The SMILES string of the molecule is COc1ccc(C(=O)NC2CCC(Oc3ccccn3)CC2)c(OC)c1OC. The Morgan fingerprint density at radius 1 is 0.964 bits per heavy atom. The number of rotatable bonds is 7. The van der Waals surface area contributed by atoms with Crippen LogP contribution in [0, 0.1) is 0 Å². The van der Waals surface area contributed by atoms with E-state index >= 15 is 0 Å². The molecule has 1 fully saturated rings. The van der Waals surface area contributed by atoms with Gasteiger partial charge in [-0.05, 0) is 43.9 Å². The Morgan fingerprint density at radius 3 is 2.32 bits per heavy atom. The van der Waals surface area contributed by atoms with E-state index in [2.05, 4.69) is 10.3 Å². The van der Waals surface area contributed by atoms with Gasteiger partial charge in [0.25, 0.3) is 5.91 Å². The summed E-state index contributed by atoms with van der Waals surface area (Å²) in [6.45, 7) is 0. The summed E-state index contributed by atoms with van der Waals surface area (Å²) < 4.78 is 21.9. The molecule has 1 heterocycles. The van der Waals surface area contributed by atoms with Crippen molar-refractivity contribution in [3.8, 4) is 23.1 Å². The Hall–Kier alpha value is -2.96. The zero-order valence-corrected chi connectivity index (χ0v) is 16.4. The maximum atomic E-state index is 12.8. The summed E-state index contributed by atoms with van der Waals surface area (Å²) in [7, 11) is 4.57. The molecule has 150 valence electrons. The zero-order chi connectivity index (χ0) is 19.9. The quantitative estimate of drug-likeness (QED) is 0.787. The number of pyridine rings is 1. The highest BCUT2D eigenvalue weighted by Crippen LogP contribution is 2.39. The van der Waals surface area contributed by atoms with Gasteiger partial charge in [-0.1, -0.05) is 6.07 Å². The maximum absolute atomic E-state index is 12.8. The van der Waals surface area contributed by atoms with Gasteiger partial charge in [0.15, 0.2) is 11.5 Å². The number of nitrogens with one attached hydrogen (secondary N) is 1. The van der Waals surface area contributed by atoms with Crippen LogP contribution >= 0.6 is 0 Å². The first-order valence-electron chi connectivity index (χ1n) is 9.33. The molecule has 1 aromatic heterocycles. The average Bonchev–Trinajstić information content (AvgIpc) is 2.74. The van der Waals surface area contributed by atoms with E-state index in [1.807, 2.05) is 18.2 Å². The van der Waals surface area contributed by atoms with E-state index in [4.69, 9.17) is 18.9 Å². The van der Waals surface area contributed by atoms with Crippen LogP contribution in [0.15, 0.2) is 36.5 Å². The third kappa shape index (κ3) is 4.47. The third-order valence-electron chi connectivity index (χ3n) is 4.88. The minimum atomic E-state index is -0.188. The van der Waals surface area contributed by atoms with Crippen molar-refractivity contribution < 1.29 is 23.7 Å². The molecule has 1 aliphatic rings. The van der Waals surface area contributed by atoms with Crippen molar-refractivity contribution in [2.75, 3.05) is 21.3 Å². The second kappa shape index (κ2) is 9.30. The summed E-state index contributed by atoms with van der Waals surface area (Å²) in [6, 6.07) is 9.11. The van der Waals surface area contributed by atoms with Gasteiger partial charge in [0.2, 0.25) is 11.6 Å². The second-order valence-electron chi connectivity index (χ2n) is 6.61. The summed E-state index contributed by atoms with van der Waals surface area (Å²) in [6.07, 6.45) is 5.27. The molecule has 7 heteroatoms. The number of hydrogen-bond donors (Lipinski definition) is 1. The lowest BCUT2D eigenvalue weighted by molar-refractivity contribution is 0.0886. The fourth-order valence-corrected chi connectivity index (χ4v) is 3.46. The molecular formula is C21H26N2O5. The Morgan fingerprint density at radius 2 is 1.71 bits per heavy atom. The lowest BCUT2D eigenvalue weighted by Gasteiger charge is -2.29. The minimum Gasteiger partial charge on any atom is -0.493 e. The van der Waals surface area contributed by atoms with Crippen molar-refractivity contribution >= 4 is 5.91 Å². The largest absolute Gasteiger partial charge is 0.493 e. The van der Waals surface area contributed by atoms with Crippen molar-refractivity contribution in [1.29, 1.82) is 0 Å². The van der Waals surface area contributed by atoms with Crippen LogP contribution in [-0.4, -0.2) is 44.4 Å². The van der Waals surface area contributed by atoms with E-state index in [9.17, 15) is 4.79 Å². The fraction of sp³-hybridized carbons (Fsp3) is 0.429. The number of carbonyl (C=O) groups is 1. The molecule has 1 N–H and O–H groups in total. The molecule has 0 bridgehead atoms. The van der Waals surface area contributed by atoms with Crippen LogP contribution in [0.2, 0.25) is 0 Å². The lowest BCUT2D eigenvalue weighted by Crippen LogP contribution is -2.39. The highest BCUT2D eigenvalue weighted by Gasteiger charge is 2.26. The van der Waals surface area contributed by atoms with Gasteiger partial charge in [0.05, 0.1) is 26.9 Å². The van der Waals surface area contributed by atoms with Crippen LogP contribution in [0.3, 0.4) is 0 Å². The number of aromatic nitrogens is 1. The van der Waals surface area contributed by atoms with E-state index in [0.717, 1.165) is 25.7 Å². The first-order chi connectivity index (χ1) is 13.7. The molecule has 1 saturated carbocycles. The van der Waals surface area contributed by atoms with Crippen LogP contribution in [0.4, 0.5) is 0 Å². The lowest BCUT2D eigenvalue weighted by atomic mass is 9.92. The van der Waals surface area contributed by atoms with Gasteiger partial charge in [-0.25, -0.2) is 4.98 Å². The Kier molecular flexibility index (Phi) is 6.57. The van der Waals surface area contributed by atoms with Crippen molar-refractivity contribution in [1.82, 2.24) is 10.3 Å². The molecule has 7 nitrogen and oxygen atoms in total. The van der Waals surface area contributed by atoms with E-state index in [0.29, 0.717) is 28.7 Å². The Bertz CT molecular complexity index is 789. The van der Waals surface area contributed by atoms with Crippen molar-refractivity contribution in [2.45, 2.75) is 37.8 Å². The molecule has 0 radical (unpaired) electrons. The van der Waals surface area contributed by atoms with Gasteiger partial charge in [-0.2, -0.15) is 0 Å². The normalized spacial score (nSPS) is 18.8. The van der Waals surface area contributed by atoms with E-state index in [1.165, 1.54) is 14.2 Å². The van der Waals surface area contributed by atoms with Crippen molar-refractivity contribution in [2.24, 2.45) is 0 Å². The van der Waals surface area contributed by atoms with Gasteiger partial charge < -0.3 is 24.3 Å². The highest BCUT2D eigenvalue weighted by atomic mass is 16.5. The molecule has 1 aliphatic carbocycles. The van der Waals surface area contributed by atoms with Gasteiger partial charge in [-0.15, -0.1) is 0 Å². The number of hydrogen-bond acceptors (Lipinski definition) is 6. The van der Waals surface area contributed by atoms with Crippen LogP contribution in [0.1, 0.15) is 36.0 Å². The summed E-state index contributed by atoms with van der Waals surface area (Å²) in [5.74, 6) is 1.75. The molecule has 0 saturated heterocycles. The van der Waals surface area contributed by atoms with Crippen molar-refractivity contribution in [3.63, 3.8) is 0 Å². The monoisotopic (exact) mass is 386 g/mol. The Labute approximate surface area is 165 Å². The number of carbonyl (C=O) groups excluding carboxylic acids is 1. The maximum Gasteiger partial charge on any atom is 0.255 e. The molecule has 2 aromatic rings. The predicted octanol–water partition coefficient (Wildman–Crippen LogP) is 3.23. The van der Waals surface area contributed by atoms with Crippen LogP contribution in [0.5, 0.6) is 23.1 Å². The van der Waals surface area contributed by atoms with E-state index in [-0.39, 0.29) is 18.1 Å². The molecule has 0 aliphatic heterocycles. The molecule has 0 spiro atoms. The third-order valence-corrected chi connectivity index (χ3v) is 4.88. The van der Waals surface area contributed by atoms with Crippen LogP contribution in [-0.2, 0) is 0 Å². The van der Waals surface area contributed by atoms with Gasteiger partial charge in [0.1, 0.15) is 6.10 Å².